The number of nitrogens with one attached hydrogen (secondary N) is 1. The molecule has 1 aromatic rings. The van der Waals surface area contributed by atoms with Gasteiger partial charge in [0.05, 0.1) is 6.10 Å². The van der Waals surface area contributed by atoms with Crippen LogP contribution in [0.3, 0.4) is 0 Å². The first-order chi connectivity index (χ1) is 9.65. The lowest BCUT2D eigenvalue weighted by atomic mass is 10.1. The zero-order valence-electron chi connectivity index (χ0n) is 13.6. The van der Waals surface area contributed by atoms with Gasteiger partial charge in [-0.05, 0) is 63.8 Å². The Morgan fingerprint density at radius 1 is 1.00 bits per heavy atom. The van der Waals surface area contributed by atoms with E-state index in [0.717, 1.165) is 25.1 Å². The molecule has 114 valence electrons. The standard InChI is InChI=1S/C18H31NO/c1-5-7-16(4)20-18-12-10-17(11-13-18)9-8-15(3)19-14-6-2/h10-13,15-16,19H,5-9,14H2,1-4H3. The second kappa shape index (κ2) is 9.82. The van der Waals surface area contributed by atoms with Gasteiger partial charge in [-0.2, -0.15) is 0 Å². The van der Waals surface area contributed by atoms with Gasteiger partial charge in [-0.15, -0.1) is 0 Å². The van der Waals surface area contributed by atoms with E-state index >= 15 is 0 Å². The summed E-state index contributed by atoms with van der Waals surface area (Å²) in [5.74, 6) is 0.992. The van der Waals surface area contributed by atoms with Gasteiger partial charge in [-0.25, -0.2) is 0 Å². The third kappa shape index (κ3) is 6.95. The summed E-state index contributed by atoms with van der Waals surface area (Å²) in [6.07, 6.45) is 6.11. The maximum Gasteiger partial charge on any atom is 0.119 e. The van der Waals surface area contributed by atoms with Gasteiger partial charge in [-0.3, -0.25) is 0 Å². The highest BCUT2D eigenvalue weighted by Gasteiger charge is 2.04. The summed E-state index contributed by atoms with van der Waals surface area (Å²) in [5.41, 5.74) is 1.39. The molecule has 20 heavy (non-hydrogen) atoms. The maximum atomic E-state index is 5.88. The molecule has 0 saturated carbocycles. The van der Waals surface area contributed by atoms with Crippen molar-refractivity contribution in [2.24, 2.45) is 0 Å². The van der Waals surface area contributed by atoms with Crippen molar-refractivity contribution >= 4 is 0 Å². The van der Waals surface area contributed by atoms with Crippen molar-refractivity contribution in [1.29, 1.82) is 0 Å². The molecule has 0 fully saturated rings. The van der Waals surface area contributed by atoms with E-state index in [2.05, 4.69) is 57.3 Å². The Morgan fingerprint density at radius 3 is 2.30 bits per heavy atom. The van der Waals surface area contributed by atoms with Crippen LogP contribution in [0.1, 0.15) is 58.9 Å². The number of aryl methyl sites for hydroxylation is 1. The molecule has 0 radical (unpaired) electrons. The minimum atomic E-state index is 0.309. The van der Waals surface area contributed by atoms with Crippen molar-refractivity contribution in [3.8, 4) is 5.75 Å². The van der Waals surface area contributed by atoms with Crippen molar-refractivity contribution < 1.29 is 4.74 Å². The zero-order valence-corrected chi connectivity index (χ0v) is 13.6. The monoisotopic (exact) mass is 277 g/mol. The van der Waals surface area contributed by atoms with E-state index in [0.29, 0.717) is 12.1 Å². The number of ether oxygens (including phenoxy) is 1. The third-order valence-corrected chi connectivity index (χ3v) is 3.56. The van der Waals surface area contributed by atoms with Crippen molar-refractivity contribution in [2.75, 3.05) is 6.54 Å². The topological polar surface area (TPSA) is 21.3 Å². The number of rotatable bonds is 10. The Kier molecular flexibility index (Phi) is 8.36. The van der Waals surface area contributed by atoms with Crippen LogP contribution in [-0.2, 0) is 6.42 Å². The first-order valence-corrected chi connectivity index (χ1v) is 8.14. The molecule has 0 bridgehead atoms. The molecule has 0 aromatic heterocycles. The largest absolute Gasteiger partial charge is 0.491 e. The van der Waals surface area contributed by atoms with Crippen LogP contribution in [-0.4, -0.2) is 18.7 Å². The van der Waals surface area contributed by atoms with Gasteiger partial charge in [0.2, 0.25) is 0 Å². The molecule has 1 aromatic carbocycles. The number of hydrogen-bond donors (Lipinski definition) is 1. The molecule has 0 amide bonds. The summed E-state index contributed by atoms with van der Waals surface area (Å²) >= 11 is 0. The van der Waals surface area contributed by atoms with E-state index in [9.17, 15) is 0 Å². The van der Waals surface area contributed by atoms with E-state index in [4.69, 9.17) is 4.74 Å². The molecule has 1 rings (SSSR count). The summed E-state index contributed by atoms with van der Waals surface area (Å²) < 4.78 is 5.88. The minimum Gasteiger partial charge on any atom is -0.491 e. The van der Waals surface area contributed by atoms with Gasteiger partial charge in [0.25, 0.3) is 0 Å². The molecule has 0 spiro atoms. The van der Waals surface area contributed by atoms with E-state index in [1.807, 2.05) is 0 Å². The van der Waals surface area contributed by atoms with Crippen LogP contribution in [0.25, 0.3) is 0 Å². The number of benzene rings is 1. The summed E-state index contributed by atoms with van der Waals surface area (Å²) in [6.45, 7) is 9.91. The molecular formula is C18H31NO. The fraction of sp³-hybridized carbons (Fsp3) is 0.667. The van der Waals surface area contributed by atoms with E-state index < -0.39 is 0 Å². The molecule has 0 aliphatic heterocycles. The summed E-state index contributed by atoms with van der Waals surface area (Å²) in [5, 5.41) is 3.53. The smallest absolute Gasteiger partial charge is 0.119 e. The molecule has 1 N–H and O–H groups in total. The molecule has 0 saturated heterocycles. The van der Waals surface area contributed by atoms with E-state index in [-0.39, 0.29) is 0 Å². The predicted octanol–water partition coefficient (Wildman–Crippen LogP) is 4.57. The lowest BCUT2D eigenvalue weighted by molar-refractivity contribution is 0.210. The Hall–Kier alpha value is -1.02. The van der Waals surface area contributed by atoms with Crippen LogP contribution in [0.5, 0.6) is 5.75 Å². The van der Waals surface area contributed by atoms with Gasteiger partial charge in [0, 0.05) is 6.04 Å². The first kappa shape index (κ1) is 17.0. The van der Waals surface area contributed by atoms with Crippen LogP contribution < -0.4 is 10.1 Å². The highest BCUT2D eigenvalue weighted by atomic mass is 16.5. The van der Waals surface area contributed by atoms with Crippen LogP contribution in [0.2, 0.25) is 0 Å². The normalized spacial score (nSPS) is 14.0. The molecule has 2 atom stereocenters. The Bertz CT molecular complexity index is 347. The number of hydrogen-bond acceptors (Lipinski definition) is 2. The second-order valence-electron chi connectivity index (χ2n) is 5.75. The van der Waals surface area contributed by atoms with Crippen LogP contribution in [0, 0.1) is 0 Å². The Labute approximate surface area is 124 Å². The van der Waals surface area contributed by atoms with Crippen LogP contribution >= 0.6 is 0 Å². The summed E-state index contributed by atoms with van der Waals surface area (Å²) in [7, 11) is 0. The molecule has 0 aliphatic rings. The van der Waals surface area contributed by atoms with Crippen molar-refractivity contribution in [3.63, 3.8) is 0 Å². The van der Waals surface area contributed by atoms with Crippen LogP contribution in [0.15, 0.2) is 24.3 Å². The fourth-order valence-corrected chi connectivity index (χ4v) is 2.31. The maximum absolute atomic E-state index is 5.88. The molecular weight excluding hydrogens is 246 g/mol. The average Bonchev–Trinajstić information content (AvgIpc) is 2.44. The lowest BCUT2D eigenvalue weighted by Crippen LogP contribution is -2.27. The zero-order chi connectivity index (χ0) is 14.8. The second-order valence-corrected chi connectivity index (χ2v) is 5.75. The van der Waals surface area contributed by atoms with Gasteiger partial charge >= 0.3 is 0 Å². The third-order valence-electron chi connectivity index (χ3n) is 3.56. The van der Waals surface area contributed by atoms with Gasteiger partial charge < -0.3 is 10.1 Å². The predicted molar refractivity (Wildman–Crippen MR) is 87.5 cm³/mol. The SMILES string of the molecule is CCCNC(C)CCc1ccc(OC(C)CCC)cc1. The first-order valence-electron chi connectivity index (χ1n) is 8.14. The highest BCUT2D eigenvalue weighted by Crippen LogP contribution is 2.16. The Morgan fingerprint density at radius 2 is 1.70 bits per heavy atom. The van der Waals surface area contributed by atoms with Crippen molar-refractivity contribution in [1.82, 2.24) is 5.32 Å². The molecule has 2 heteroatoms. The van der Waals surface area contributed by atoms with Crippen molar-refractivity contribution in [2.45, 2.75) is 71.9 Å². The quantitative estimate of drug-likeness (QED) is 0.676. The molecule has 0 heterocycles. The molecule has 2 unspecified atom stereocenters. The van der Waals surface area contributed by atoms with Gasteiger partial charge in [-0.1, -0.05) is 32.4 Å². The fourth-order valence-electron chi connectivity index (χ4n) is 2.31. The minimum absolute atomic E-state index is 0.309. The summed E-state index contributed by atoms with van der Waals surface area (Å²) in [4.78, 5) is 0. The highest BCUT2D eigenvalue weighted by molar-refractivity contribution is 5.27. The lowest BCUT2D eigenvalue weighted by Gasteiger charge is -2.15. The van der Waals surface area contributed by atoms with Crippen molar-refractivity contribution in [3.05, 3.63) is 29.8 Å². The molecule has 0 aliphatic carbocycles. The average molecular weight is 277 g/mol. The van der Waals surface area contributed by atoms with Gasteiger partial charge in [0.15, 0.2) is 0 Å². The van der Waals surface area contributed by atoms with E-state index in [1.54, 1.807) is 0 Å². The Balaban J connectivity index is 2.34. The van der Waals surface area contributed by atoms with Gasteiger partial charge in [0.1, 0.15) is 5.75 Å². The molecule has 2 nitrogen and oxygen atoms in total. The van der Waals surface area contributed by atoms with Crippen LogP contribution in [0.4, 0.5) is 0 Å². The summed E-state index contributed by atoms with van der Waals surface area (Å²) in [6, 6.07) is 9.19. The van der Waals surface area contributed by atoms with E-state index in [1.165, 1.54) is 24.8 Å².